The van der Waals surface area contributed by atoms with Crippen LogP contribution in [0, 0.1) is 5.92 Å². The van der Waals surface area contributed by atoms with Gasteiger partial charge in [0, 0.05) is 11.6 Å². The Morgan fingerprint density at radius 2 is 1.59 bits per heavy atom. The van der Waals surface area contributed by atoms with Gasteiger partial charge in [0.05, 0.1) is 6.42 Å². The van der Waals surface area contributed by atoms with Gasteiger partial charge in [-0.25, -0.2) is 4.79 Å². The van der Waals surface area contributed by atoms with Crippen molar-refractivity contribution in [3.63, 3.8) is 0 Å². The van der Waals surface area contributed by atoms with Crippen LogP contribution >= 0.6 is 11.6 Å². The number of nitrogens with one attached hydrogen (secondary N) is 2. The summed E-state index contributed by atoms with van der Waals surface area (Å²) in [7, 11) is 0. The van der Waals surface area contributed by atoms with Crippen LogP contribution in [-0.4, -0.2) is 30.4 Å². The Morgan fingerprint density at radius 3 is 2.21 bits per heavy atom. The Balaban J connectivity index is 1.79. The molecule has 7 heteroatoms. The van der Waals surface area contributed by atoms with E-state index in [1.54, 1.807) is 38.1 Å². The molecule has 2 rings (SSSR count). The number of rotatable bonds is 9. The minimum absolute atomic E-state index is 0.166. The van der Waals surface area contributed by atoms with Gasteiger partial charge in [0.1, 0.15) is 6.04 Å². The molecule has 2 N–H and O–H groups in total. The van der Waals surface area contributed by atoms with Crippen molar-refractivity contribution in [3.8, 4) is 0 Å². The summed E-state index contributed by atoms with van der Waals surface area (Å²) in [4.78, 5) is 36.5. The predicted octanol–water partition coefficient (Wildman–Crippen LogP) is 2.88. The lowest BCUT2D eigenvalue weighted by atomic mass is 10.0. The number of carbonyl (C=O) groups excluding carboxylic acids is 3. The molecule has 0 radical (unpaired) electrons. The smallest absolute Gasteiger partial charge is 0.329 e. The molecule has 0 saturated carbocycles. The van der Waals surface area contributed by atoms with Gasteiger partial charge in [-0.1, -0.05) is 67.9 Å². The number of hydrogen-bond donors (Lipinski definition) is 2. The number of carbonyl (C=O) groups is 3. The molecule has 0 fully saturated rings. The van der Waals surface area contributed by atoms with Crippen LogP contribution in [0.4, 0.5) is 0 Å². The molecule has 6 nitrogen and oxygen atoms in total. The lowest BCUT2D eigenvalue weighted by Gasteiger charge is -2.20. The maximum absolute atomic E-state index is 12.4. The molecule has 0 bridgehead atoms. The van der Waals surface area contributed by atoms with E-state index in [0.29, 0.717) is 11.6 Å². The number of benzene rings is 2. The molecule has 29 heavy (non-hydrogen) atoms. The van der Waals surface area contributed by atoms with Crippen molar-refractivity contribution in [2.75, 3.05) is 6.61 Å². The summed E-state index contributed by atoms with van der Waals surface area (Å²) in [5.41, 5.74) is 1.73. The van der Waals surface area contributed by atoms with E-state index in [2.05, 4.69) is 10.6 Å². The van der Waals surface area contributed by atoms with Crippen molar-refractivity contribution in [3.05, 3.63) is 70.7 Å². The van der Waals surface area contributed by atoms with E-state index in [1.165, 1.54) is 0 Å². The van der Waals surface area contributed by atoms with Crippen LogP contribution < -0.4 is 10.6 Å². The summed E-state index contributed by atoms with van der Waals surface area (Å²) in [6, 6.07) is 15.5. The lowest BCUT2D eigenvalue weighted by Crippen LogP contribution is -2.46. The van der Waals surface area contributed by atoms with Gasteiger partial charge in [0.15, 0.2) is 6.61 Å². The Bertz CT molecular complexity index is 822. The highest BCUT2D eigenvalue weighted by atomic mass is 35.5. The number of amides is 2. The quantitative estimate of drug-likeness (QED) is 0.615. The zero-order valence-electron chi connectivity index (χ0n) is 16.5. The van der Waals surface area contributed by atoms with E-state index in [9.17, 15) is 14.4 Å². The average Bonchev–Trinajstić information content (AvgIpc) is 2.70. The highest BCUT2D eigenvalue weighted by Gasteiger charge is 2.26. The van der Waals surface area contributed by atoms with Gasteiger partial charge in [-0.2, -0.15) is 0 Å². The molecule has 1 atom stereocenters. The van der Waals surface area contributed by atoms with Crippen molar-refractivity contribution in [1.82, 2.24) is 10.6 Å². The average molecular weight is 417 g/mol. The maximum Gasteiger partial charge on any atom is 0.329 e. The van der Waals surface area contributed by atoms with Gasteiger partial charge in [0.2, 0.25) is 5.91 Å². The van der Waals surface area contributed by atoms with Crippen LogP contribution in [0.25, 0.3) is 0 Å². The number of ether oxygens (including phenoxy) is 1. The topological polar surface area (TPSA) is 84.5 Å². The fourth-order valence-corrected chi connectivity index (χ4v) is 2.71. The molecule has 0 aromatic heterocycles. The van der Waals surface area contributed by atoms with E-state index < -0.39 is 24.5 Å². The molecule has 2 aromatic rings. The Morgan fingerprint density at radius 1 is 0.931 bits per heavy atom. The van der Waals surface area contributed by atoms with Crippen molar-refractivity contribution in [2.24, 2.45) is 5.92 Å². The predicted molar refractivity (Wildman–Crippen MR) is 111 cm³/mol. The fraction of sp³-hybridized carbons (Fsp3) is 0.318. The van der Waals surface area contributed by atoms with Crippen LogP contribution in [0.15, 0.2) is 54.6 Å². The second-order valence-corrected chi connectivity index (χ2v) is 7.40. The van der Waals surface area contributed by atoms with Gasteiger partial charge in [-0.15, -0.1) is 0 Å². The zero-order chi connectivity index (χ0) is 21.2. The summed E-state index contributed by atoms with van der Waals surface area (Å²) in [6.45, 7) is 3.49. The molecular formula is C22H25ClN2O4. The van der Waals surface area contributed by atoms with Crippen molar-refractivity contribution >= 4 is 29.4 Å². The molecule has 0 aliphatic carbocycles. The van der Waals surface area contributed by atoms with Crippen molar-refractivity contribution in [1.29, 1.82) is 0 Å². The summed E-state index contributed by atoms with van der Waals surface area (Å²) < 4.78 is 5.10. The standard InChI is InChI=1S/C22H25ClN2O4/c1-15(2)21(25-19(26)12-16-6-4-3-5-7-16)22(28)29-14-20(27)24-13-17-8-10-18(23)11-9-17/h3-11,15,21H,12-14H2,1-2H3,(H,24,27)(H,25,26)/t21-/m0/s1. The Labute approximate surface area is 175 Å². The molecular weight excluding hydrogens is 392 g/mol. The monoisotopic (exact) mass is 416 g/mol. The summed E-state index contributed by atoms with van der Waals surface area (Å²) >= 11 is 5.82. The van der Waals surface area contributed by atoms with Gasteiger partial charge < -0.3 is 15.4 Å². The van der Waals surface area contributed by atoms with E-state index in [-0.39, 0.29) is 18.2 Å². The van der Waals surface area contributed by atoms with Crippen LogP contribution in [0.3, 0.4) is 0 Å². The van der Waals surface area contributed by atoms with Crippen LogP contribution in [-0.2, 0) is 32.1 Å². The number of halogens is 1. The van der Waals surface area contributed by atoms with E-state index in [4.69, 9.17) is 16.3 Å². The highest BCUT2D eigenvalue weighted by molar-refractivity contribution is 6.30. The van der Waals surface area contributed by atoms with E-state index in [1.807, 2.05) is 30.3 Å². The first-order chi connectivity index (χ1) is 13.8. The first-order valence-electron chi connectivity index (χ1n) is 9.36. The summed E-state index contributed by atoms with van der Waals surface area (Å²) in [6.07, 6.45) is 0.166. The molecule has 0 aliphatic heterocycles. The number of esters is 1. The van der Waals surface area contributed by atoms with Crippen molar-refractivity contribution < 1.29 is 19.1 Å². The summed E-state index contributed by atoms with van der Waals surface area (Å²) in [5.74, 6) is -1.52. The molecule has 0 saturated heterocycles. The first kappa shape index (κ1) is 22.4. The normalized spacial score (nSPS) is 11.6. The number of hydrogen-bond acceptors (Lipinski definition) is 4. The zero-order valence-corrected chi connectivity index (χ0v) is 17.2. The molecule has 0 aliphatic rings. The van der Waals surface area contributed by atoms with Crippen LogP contribution in [0.2, 0.25) is 5.02 Å². The fourth-order valence-electron chi connectivity index (χ4n) is 2.58. The molecule has 0 spiro atoms. The third kappa shape index (κ3) is 7.95. The van der Waals surface area contributed by atoms with Gasteiger partial charge in [-0.05, 0) is 29.2 Å². The van der Waals surface area contributed by atoms with Gasteiger partial charge in [-0.3, -0.25) is 9.59 Å². The lowest BCUT2D eigenvalue weighted by molar-refractivity contribution is -0.152. The van der Waals surface area contributed by atoms with Gasteiger partial charge >= 0.3 is 5.97 Å². The SMILES string of the molecule is CC(C)[C@H](NC(=O)Cc1ccccc1)C(=O)OCC(=O)NCc1ccc(Cl)cc1. The van der Waals surface area contributed by atoms with E-state index in [0.717, 1.165) is 11.1 Å². The molecule has 0 unspecified atom stereocenters. The molecule has 0 heterocycles. The minimum Gasteiger partial charge on any atom is -0.454 e. The maximum atomic E-state index is 12.4. The van der Waals surface area contributed by atoms with Crippen molar-refractivity contribution in [2.45, 2.75) is 32.9 Å². The second-order valence-electron chi connectivity index (χ2n) is 6.96. The second kappa shape index (κ2) is 11.2. The minimum atomic E-state index is -0.824. The highest BCUT2D eigenvalue weighted by Crippen LogP contribution is 2.09. The van der Waals surface area contributed by atoms with Gasteiger partial charge in [0.25, 0.3) is 5.91 Å². The summed E-state index contributed by atoms with van der Waals surface area (Å²) in [5, 5.41) is 5.98. The first-order valence-corrected chi connectivity index (χ1v) is 9.74. The molecule has 154 valence electrons. The third-order valence-corrected chi connectivity index (χ3v) is 4.45. The Kier molecular flexibility index (Phi) is 8.68. The molecule has 2 aromatic carbocycles. The largest absolute Gasteiger partial charge is 0.454 e. The van der Waals surface area contributed by atoms with Crippen LogP contribution in [0.5, 0.6) is 0 Å². The van der Waals surface area contributed by atoms with Crippen LogP contribution in [0.1, 0.15) is 25.0 Å². The Hall–Kier alpha value is -2.86. The third-order valence-electron chi connectivity index (χ3n) is 4.19. The molecule has 2 amide bonds. The van der Waals surface area contributed by atoms with E-state index >= 15 is 0 Å².